The molecule has 4 nitrogen and oxygen atoms in total. The maximum absolute atomic E-state index is 12.3. The molecule has 0 atom stereocenters. The van der Waals surface area contributed by atoms with Crippen molar-refractivity contribution in [3.8, 4) is 0 Å². The highest BCUT2D eigenvalue weighted by molar-refractivity contribution is 9.10. The largest absolute Gasteiger partial charge is 0.392 e. The second kappa shape index (κ2) is 7.72. The molecule has 0 amide bonds. The van der Waals surface area contributed by atoms with E-state index in [-0.39, 0.29) is 11.5 Å². The monoisotopic (exact) mass is 375 g/mol. The highest BCUT2D eigenvalue weighted by Gasteiger charge is 2.19. The standard InChI is InChI=1S/C15H22BrNO3S/c16-14-8-7-13(11-18)10-15(14)21(19,20)17-9-3-6-12-4-1-2-5-12/h7-8,10,12,17-18H,1-6,9,11H2. The Morgan fingerprint density at radius 3 is 2.67 bits per heavy atom. The van der Waals surface area contributed by atoms with Crippen LogP contribution >= 0.6 is 15.9 Å². The molecule has 0 unspecified atom stereocenters. The van der Waals surface area contributed by atoms with Gasteiger partial charge < -0.3 is 5.11 Å². The molecule has 2 N–H and O–H groups in total. The van der Waals surface area contributed by atoms with Crippen molar-refractivity contribution in [3.05, 3.63) is 28.2 Å². The minimum atomic E-state index is -3.53. The summed E-state index contributed by atoms with van der Waals surface area (Å²) >= 11 is 3.26. The van der Waals surface area contributed by atoms with Gasteiger partial charge in [-0.2, -0.15) is 0 Å². The second-order valence-electron chi connectivity index (χ2n) is 5.61. The fraction of sp³-hybridized carbons (Fsp3) is 0.600. The van der Waals surface area contributed by atoms with Gasteiger partial charge in [0.2, 0.25) is 10.0 Å². The molecule has 1 aromatic carbocycles. The molecular formula is C15H22BrNO3S. The third-order valence-corrected chi connectivity index (χ3v) is 6.48. The van der Waals surface area contributed by atoms with Gasteiger partial charge in [0.1, 0.15) is 0 Å². The summed E-state index contributed by atoms with van der Waals surface area (Å²) in [4.78, 5) is 0.190. The van der Waals surface area contributed by atoms with E-state index < -0.39 is 10.0 Å². The topological polar surface area (TPSA) is 66.4 Å². The smallest absolute Gasteiger partial charge is 0.241 e. The van der Waals surface area contributed by atoms with E-state index in [0.717, 1.165) is 18.8 Å². The number of sulfonamides is 1. The first-order chi connectivity index (χ1) is 10.0. The fourth-order valence-corrected chi connectivity index (χ4v) is 4.91. The lowest BCUT2D eigenvalue weighted by molar-refractivity contribution is 0.281. The molecular weight excluding hydrogens is 354 g/mol. The minimum absolute atomic E-state index is 0.169. The Balaban J connectivity index is 1.91. The Bertz CT molecular complexity index is 568. The number of halogens is 1. The summed E-state index contributed by atoms with van der Waals surface area (Å²) in [5, 5.41) is 9.12. The van der Waals surface area contributed by atoms with Crippen molar-refractivity contribution < 1.29 is 13.5 Å². The van der Waals surface area contributed by atoms with E-state index >= 15 is 0 Å². The Kier molecular flexibility index (Phi) is 6.22. The van der Waals surface area contributed by atoms with Crippen LogP contribution in [0.25, 0.3) is 0 Å². The zero-order chi connectivity index (χ0) is 15.3. The van der Waals surface area contributed by atoms with Crippen molar-refractivity contribution in [1.29, 1.82) is 0 Å². The second-order valence-corrected chi connectivity index (χ2v) is 8.20. The molecule has 1 aliphatic rings. The van der Waals surface area contributed by atoms with Crippen LogP contribution in [0.4, 0.5) is 0 Å². The quantitative estimate of drug-likeness (QED) is 0.719. The summed E-state index contributed by atoms with van der Waals surface area (Å²) < 4.78 is 27.8. The zero-order valence-electron chi connectivity index (χ0n) is 12.0. The molecule has 1 fully saturated rings. The molecule has 1 aromatic rings. The number of nitrogens with one attached hydrogen (secondary N) is 1. The van der Waals surface area contributed by atoms with E-state index in [4.69, 9.17) is 5.11 Å². The molecule has 0 radical (unpaired) electrons. The molecule has 1 aliphatic carbocycles. The van der Waals surface area contributed by atoms with Gasteiger partial charge in [-0.25, -0.2) is 13.1 Å². The average Bonchev–Trinajstić information content (AvgIpc) is 2.97. The van der Waals surface area contributed by atoms with Crippen molar-refractivity contribution in [3.63, 3.8) is 0 Å². The lowest BCUT2D eigenvalue weighted by Crippen LogP contribution is -2.25. The van der Waals surface area contributed by atoms with E-state index in [2.05, 4.69) is 20.7 Å². The molecule has 2 rings (SSSR count). The lowest BCUT2D eigenvalue weighted by Gasteiger charge is -2.11. The molecule has 0 aromatic heterocycles. The van der Waals surface area contributed by atoms with Crippen molar-refractivity contribution in [2.45, 2.75) is 50.0 Å². The average molecular weight is 376 g/mol. The molecule has 0 saturated heterocycles. The normalized spacial score (nSPS) is 16.5. The van der Waals surface area contributed by atoms with Crippen molar-refractivity contribution >= 4 is 26.0 Å². The van der Waals surface area contributed by atoms with Gasteiger partial charge in [-0.1, -0.05) is 31.7 Å². The highest BCUT2D eigenvalue weighted by Crippen LogP contribution is 2.28. The number of benzene rings is 1. The van der Waals surface area contributed by atoms with Crippen LogP contribution in [-0.4, -0.2) is 20.1 Å². The van der Waals surface area contributed by atoms with Gasteiger partial charge in [0, 0.05) is 11.0 Å². The molecule has 0 bridgehead atoms. The summed E-state index contributed by atoms with van der Waals surface area (Å²) in [6, 6.07) is 4.85. The number of hydrogen-bond donors (Lipinski definition) is 2. The number of hydrogen-bond acceptors (Lipinski definition) is 3. The molecule has 6 heteroatoms. The molecule has 0 aliphatic heterocycles. The third kappa shape index (κ3) is 4.77. The van der Waals surface area contributed by atoms with Gasteiger partial charge >= 0.3 is 0 Å². The van der Waals surface area contributed by atoms with Gasteiger partial charge in [0.15, 0.2) is 0 Å². The van der Waals surface area contributed by atoms with Crippen molar-refractivity contribution in [1.82, 2.24) is 4.72 Å². The zero-order valence-corrected chi connectivity index (χ0v) is 14.4. The van der Waals surface area contributed by atoms with E-state index in [0.29, 0.717) is 16.6 Å². The van der Waals surface area contributed by atoms with E-state index in [1.54, 1.807) is 12.1 Å². The fourth-order valence-electron chi connectivity index (χ4n) is 2.83. The predicted molar refractivity (Wildman–Crippen MR) is 86.4 cm³/mol. The Labute approximate surface area is 135 Å². The summed E-state index contributed by atoms with van der Waals surface area (Å²) in [5.41, 5.74) is 0.588. The van der Waals surface area contributed by atoms with Crippen LogP contribution in [-0.2, 0) is 16.6 Å². The van der Waals surface area contributed by atoms with Crippen LogP contribution in [0.3, 0.4) is 0 Å². The van der Waals surface area contributed by atoms with Gasteiger partial charge in [-0.05, 0) is 52.4 Å². The van der Waals surface area contributed by atoms with Crippen molar-refractivity contribution in [2.75, 3.05) is 6.54 Å². The van der Waals surface area contributed by atoms with Crippen LogP contribution in [0.1, 0.15) is 44.1 Å². The van der Waals surface area contributed by atoms with Gasteiger partial charge in [-0.3, -0.25) is 0 Å². The maximum atomic E-state index is 12.3. The van der Waals surface area contributed by atoms with Crippen LogP contribution in [0.2, 0.25) is 0 Å². The first kappa shape index (κ1) is 16.9. The summed E-state index contributed by atoms with van der Waals surface area (Å²) in [7, 11) is -3.53. The molecule has 0 spiro atoms. The Morgan fingerprint density at radius 1 is 1.29 bits per heavy atom. The highest BCUT2D eigenvalue weighted by atomic mass is 79.9. The molecule has 0 heterocycles. The Hall–Kier alpha value is -0.430. The predicted octanol–water partition coefficient (Wildman–Crippen LogP) is 3.19. The van der Waals surface area contributed by atoms with Crippen LogP contribution in [0.15, 0.2) is 27.6 Å². The maximum Gasteiger partial charge on any atom is 0.241 e. The first-order valence-electron chi connectivity index (χ1n) is 7.42. The number of rotatable bonds is 7. The van der Waals surface area contributed by atoms with Gasteiger partial charge in [0.05, 0.1) is 11.5 Å². The minimum Gasteiger partial charge on any atom is -0.392 e. The van der Waals surface area contributed by atoms with Gasteiger partial charge in [0.25, 0.3) is 0 Å². The Morgan fingerprint density at radius 2 is 2.00 bits per heavy atom. The SMILES string of the molecule is O=S(=O)(NCCCC1CCCC1)c1cc(CO)ccc1Br. The number of aliphatic hydroxyl groups excluding tert-OH is 1. The summed E-state index contributed by atoms with van der Waals surface area (Å²) in [6.07, 6.45) is 7.18. The molecule has 21 heavy (non-hydrogen) atoms. The van der Waals surface area contributed by atoms with E-state index in [9.17, 15) is 8.42 Å². The van der Waals surface area contributed by atoms with Crippen LogP contribution < -0.4 is 4.72 Å². The van der Waals surface area contributed by atoms with Crippen LogP contribution in [0, 0.1) is 5.92 Å². The molecule has 118 valence electrons. The number of aliphatic hydroxyl groups is 1. The van der Waals surface area contributed by atoms with Crippen molar-refractivity contribution in [2.24, 2.45) is 5.92 Å². The molecule has 1 saturated carbocycles. The van der Waals surface area contributed by atoms with Gasteiger partial charge in [-0.15, -0.1) is 0 Å². The van der Waals surface area contributed by atoms with E-state index in [1.165, 1.54) is 31.7 Å². The first-order valence-corrected chi connectivity index (χ1v) is 9.69. The summed E-state index contributed by atoms with van der Waals surface area (Å²) in [5.74, 6) is 0.777. The van der Waals surface area contributed by atoms with Crippen LogP contribution in [0.5, 0.6) is 0 Å². The summed E-state index contributed by atoms with van der Waals surface area (Å²) in [6.45, 7) is 0.298. The van der Waals surface area contributed by atoms with E-state index in [1.807, 2.05) is 0 Å². The third-order valence-electron chi connectivity index (χ3n) is 4.02. The lowest BCUT2D eigenvalue weighted by atomic mass is 10.0.